The number of benzene rings is 2. The Morgan fingerprint density at radius 2 is 2.00 bits per heavy atom. The van der Waals surface area contributed by atoms with Gasteiger partial charge in [-0.25, -0.2) is 15.0 Å². The van der Waals surface area contributed by atoms with E-state index in [9.17, 15) is 0 Å². The molecule has 0 aliphatic carbocycles. The summed E-state index contributed by atoms with van der Waals surface area (Å²) in [5.74, 6) is 1.53. The average molecular weight is 365 g/mol. The molecule has 0 amide bonds. The zero-order valence-electron chi connectivity index (χ0n) is 14.8. The molecule has 5 rings (SSSR count). The molecular formula is C21H15N7. The molecule has 7 nitrogen and oxygen atoms in total. The van der Waals surface area contributed by atoms with Gasteiger partial charge in [-0.15, -0.1) is 0 Å². The molecule has 0 aliphatic rings. The predicted molar refractivity (Wildman–Crippen MR) is 107 cm³/mol. The van der Waals surface area contributed by atoms with Gasteiger partial charge in [0.15, 0.2) is 5.82 Å². The van der Waals surface area contributed by atoms with E-state index in [0.717, 1.165) is 39.4 Å². The van der Waals surface area contributed by atoms with E-state index in [4.69, 9.17) is 10.2 Å². The van der Waals surface area contributed by atoms with Crippen LogP contribution in [-0.4, -0.2) is 24.3 Å². The van der Waals surface area contributed by atoms with Crippen molar-refractivity contribution in [2.24, 2.45) is 0 Å². The van der Waals surface area contributed by atoms with Crippen LogP contribution < -0.4 is 5.32 Å². The molecular weight excluding hydrogens is 350 g/mol. The zero-order valence-corrected chi connectivity index (χ0v) is 14.8. The zero-order chi connectivity index (χ0) is 18.9. The number of aromatic nitrogens is 5. The van der Waals surface area contributed by atoms with Gasteiger partial charge in [0.25, 0.3) is 0 Å². The van der Waals surface area contributed by atoms with Crippen LogP contribution >= 0.6 is 0 Å². The molecule has 2 N–H and O–H groups in total. The number of rotatable bonds is 4. The number of imidazole rings is 2. The molecule has 5 aromatic rings. The lowest BCUT2D eigenvalue weighted by atomic mass is 10.1. The summed E-state index contributed by atoms with van der Waals surface area (Å²) in [6, 6.07) is 17.5. The van der Waals surface area contributed by atoms with Gasteiger partial charge in [-0.2, -0.15) is 5.26 Å². The Morgan fingerprint density at radius 3 is 2.93 bits per heavy atom. The van der Waals surface area contributed by atoms with E-state index < -0.39 is 0 Å². The van der Waals surface area contributed by atoms with Gasteiger partial charge in [0.1, 0.15) is 11.3 Å². The van der Waals surface area contributed by atoms with Crippen molar-refractivity contribution < 1.29 is 0 Å². The van der Waals surface area contributed by atoms with Crippen molar-refractivity contribution in [1.82, 2.24) is 24.3 Å². The van der Waals surface area contributed by atoms with Crippen molar-refractivity contribution in [3.05, 3.63) is 78.6 Å². The van der Waals surface area contributed by atoms with E-state index in [1.807, 2.05) is 46.9 Å². The molecule has 0 saturated carbocycles. The molecule has 0 radical (unpaired) electrons. The second kappa shape index (κ2) is 6.52. The van der Waals surface area contributed by atoms with Gasteiger partial charge in [0, 0.05) is 5.56 Å². The third-order valence-corrected chi connectivity index (χ3v) is 4.61. The smallest absolute Gasteiger partial charge is 0.153 e. The van der Waals surface area contributed by atoms with E-state index in [2.05, 4.69) is 26.3 Å². The molecule has 0 saturated heterocycles. The molecule has 3 aromatic heterocycles. The maximum atomic E-state index is 9.07. The number of nitrogens with zero attached hydrogens (tertiary/aromatic N) is 5. The summed E-state index contributed by atoms with van der Waals surface area (Å²) in [5.41, 5.74) is 5.24. The minimum absolute atomic E-state index is 0.490. The standard InChI is InChI=1S/C21H15N7/c22-9-14-4-3-5-15(8-14)17-10-24-20(26-17)12-25-21-19-11-23-13-28(19)18-7-2-1-6-16(18)27-21/h1-8,10-11,13H,12H2,(H,24,26)(H,25,27). The van der Waals surface area contributed by atoms with Gasteiger partial charge in [-0.3, -0.25) is 4.40 Å². The van der Waals surface area contributed by atoms with Crippen LogP contribution in [0, 0.1) is 11.3 Å². The van der Waals surface area contributed by atoms with Crippen LogP contribution in [0.4, 0.5) is 5.82 Å². The average Bonchev–Trinajstić information content (AvgIpc) is 3.42. The Kier molecular flexibility index (Phi) is 3.73. The van der Waals surface area contributed by atoms with E-state index in [0.29, 0.717) is 12.1 Å². The Hall–Kier alpha value is -4.18. The molecule has 0 aliphatic heterocycles. The third-order valence-electron chi connectivity index (χ3n) is 4.61. The highest BCUT2D eigenvalue weighted by Gasteiger charge is 2.10. The molecule has 28 heavy (non-hydrogen) atoms. The number of aromatic amines is 1. The van der Waals surface area contributed by atoms with Crippen molar-refractivity contribution in [1.29, 1.82) is 5.26 Å². The summed E-state index contributed by atoms with van der Waals surface area (Å²) in [4.78, 5) is 16.7. The van der Waals surface area contributed by atoms with Crippen LogP contribution in [0.1, 0.15) is 11.4 Å². The Labute approximate surface area is 160 Å². The molecule has 0 fully saturated rings. The minimum atomic E-state index is 0.490. The second-order valence-corrected chi connectivity index (χ2v) is 6.39. The molecule has 0 unspecified atom stereocenters. The van der Waals surface area contributed by atoms with Crippen molar-refractivity contribution in [3.63, 3.8) is 0 Å². The summed E-state index contributed by atoms with van der Waals surface area (Å²) in [5, 5.41) is 12.4. The normalized spacial score (nSPS) is 11.0. The van der Waals surface area contributed by atoms with E-state index in [1.54, 1.807) is 24.8 Å². The maximum Gasteiger partial charge on any atom is 0.153 e. The van der Waals surface area contributed by atoms with Crippen LogP contribution in [0.15, 0.2) is 67.3 Å². The van der Waals surface area contributed by atoms with Crippen molar-refractivity contribution in [2.45, 2.75) is 6.54 Å². The van der Waals surface area contributed by atoms with Crippen LogP contribution in [0.3, 0.4) is 0 Å². The predicted octanol–water partition coefficient (Wildman–Crippen LogP) is 3.76. The Balaban J connectivity index is 1.43. The molecule has 0 atom stereocenters. The highest BCUT2D eigenvalue weighted by molar-refractivity contribution is 5.84. The largest absolute Gasteiger partial charge is 0.361 e. The van der Waals surface area contributed by atoms with Crippen molar-refractivity contribution in [3.8, 4) is 17.3 Å². The number of nitriles is 1. The van der Waals surface area contributed by atoms with Crippen molar-refractivity contribution in [2.75, 3.05) is 5.32 Å². The number of nitrogens with one attached hydrogen (secondary N) is 2. The molecule has 7 heteroatoms. The first-order valence-electron chi connectivity index (χ1n) is 8.81. The molecule has 2 aromatic carbocycles. The van der Waals surface area contributed by atoms with E-state index in [1.165, 1.54) is 0 Å². The fraction of sp³-hybridized carbons (Fsp3) is 0.0476. The van der Waals surface area contributed by atoms with Crippen LogP contribution in [0.5, 0.6) is 0 Å². The molecule has 0 bridgehead atoms. The monoisotopic (exact) mass is 365 g/mol. The summed E-state index contributed by atoms with van der Waals surface area (Å²) < 4.78 is 2.02. The fourth-order valence-electron chi connectivity index (χ4n) is 3.26. The second-order valence-electron chi connectivity index (χ2n) is 6.39. The fourth-order valence-corrected chi connectivity index (χ4v) is 3.26. The van der Waals surface area contributed by atoms with Crippen LogP contribution in [0.2, 0.25) is 0 Å². The number of H-pyrrole nitrogens is 1. The first-order valence-corrected chi connectivity index (χ1v) is 8.81. The highest BCUT2D eigenvalue weighted by atomic mass is 15.1. The van der Waals surface area contributed by atoms with Crippen LogP contribution in [-0.2, 0) is 6.54 Å². The van der Waals surface area contributed by atoms with Gasteiger partial charge in [-0.1, -0.05) is 24.3 Å². The Bertz CT molecular complexity index is 1340. The van der Waals surface area contributed by atoms with Gasteiger partial charge >= 0.3 is 0 Å². The van der Waals surface area contributed by atoms with E-state index >= 15 is 0 Å². The summed E-state index contributed by atoms with van der Waals surface area (Å²) >= 11 is 0. The number of fused-ring (bicyclic) bond motifs is 3. The first-order chi connectivity index (χ1) is 13.8. The highest BCUT2D eigenvalue weighted by Crippen LogP contribution is 2.22. The maximum absolute atomic E-state index is 9.07. The summed E-state index contributed by atoms with van der Waals surface area (Å²) in [6.45, 7) is 0.490. The van der Waals surface area contributed by atoms with Crippen molar-refractivity contribution >= 4 is 22.4 Å². The van der Waals surface area contributed by atoms with Gasteiger partial charge < -0.3 is 10.3 Å². The molecule has 3 heterocycles. The minimum Gasteiger partial charge on any atom is -0.361 e. The van der Waals surface area contributed by atoms with E-state index in [-0.39, 0.29) is 0 Å². The number of para-hydroxylation sites is 2. The summed E-state index contributed by atoms with van der Waals surface area (Å²) in [7, 11) is 0. The topological polar surface area (TPSA) is 94.7 Å². The number of hydrogen-bond acceptors (Lipinski definition) is 5. The van der Waals surface area contributed by atoms with Crippen LogP contribution in [0.25, 0.3) is 27.8 Å². The number of anilines is 1. The quantitative estimate of drug-likeness (QED) is 0.506. The first kappa shape index (κ1) is 16.0. The van der Waals surface area contributed by atoms with Gasteiger partial charge in [0.05, 0.1) is 53.6 Å². The lowest BCUT2D eigenvalue weighted by molar-refractivity contribution is 0.991. The third kappa shape index (κ3) is 2.73. The lowest BCUT2D eigenvalue weighted by Crippen LogP contribution is -2.05. The SMILES string of the molecule is N#Cc1cccc(-c2cnc(CNc3nc4ccccc4n4cncc34)[nH]2)c1. The number of hydrogen-bond donors (Lipinski definition) is 2. The Morgan fingerprint density at radius 1 is 1.07 bits per heavy atom. The molecule has 0 spiro atoms. The summed E-state index contributed by atoms with van der Waals surface area (Å²) in [6.07, 6.45) is 5.36. The lowest BCUT2D eigenvalue weighted by Gasteiger charge is -2.09. The van der Waals surface area contributed by atoms with Gasteiger partial charge in [0.2, 0.25) is 0 Å². The molecule has 134 valence electrons. The van der Waals surface area contributed by atoms with Gasteiger partial charge in [-0.05, 0) is 24.3 Å².